The first-order valence-corrected chi connectivity index (χ1v) is 11.2. The zero-order valence-electron chi connectivity index (χ0n) is 19.3. The average Bonchev–Trinajstić information content (AvgIpc) is 3.16. The van der Waals surface area contributed by atoms with Crippen molar-refractivity contribution in [3.8, 4) is 11.3 Å². The van der Waals surface area contributed by atoms with Gasteiger partial charge in [0.1, 0.15) is 17.2 Å². The molecule has 5 rings (SSSR count). The highest BCUT2D eigenvalue weighted by atomic mass is 16.2. The van der Waals surface area contributed by atoms with Crippen molar-refractivity contribution in [1.82, 2.24) is 30.6 Å². The number of aromatic nitrogens is 4. The predicted molar refractivity (Wildman–Crippen MR) is 129 cm³/mol. The van der Waals surface area contributed by atoms with Crippen LogP contribution in [-0.2, 0) is 13.6 Å². The van der Waals surface area contributed by atoms with Gasteiger partial charge in [0.25, 0.3) is 5.91 Å². The van der Waals surface area contributed by atoms with Crippen molar-refractivity contribution in [1.29, 1.82) is 0 Å². The van der Waals surface area contributed by atoms with E-state index in [0.717, 1.165) is 47.6 Å². The maximum atomic E-state index is 12.5. The zero-order chi connectivity index (χ0) is 23.8. The van der Waals surface area contributed by atoms with Gasteiger partial charge in [-0.2, -0.15) is 15.0 Å². The molecule has 176 valence electrons. The standard InChI is InChI=1S/C23H27N9O2/c1-24-22(33)15-11-25-19(28-23(34)26-13-6-4-7-13)10-17(15)27-16-9-5-8-14-20-18(29-32(3)30-20)12-31(2)21(14)16/h5,8-11,13H,4,6-7,12H2,1-3H3,(H,24,33)(H3,25,26,27,28,34). The molecule has 0 bridgehead atoms. The minimum atomic E-state index is -0.303. The highest BCUT2D eigenvalue weighted by molar-refractivity contribution is 6.02. The number of aryl methyl sites for hydroxylation is 1. The van der Waals surface area contributed by atoms with Crippen LogP contribution in [0.25, 0.3) is 11.3 Å². The van der Waals surface area contributed by atoms with Gasteiger partial charge in [-0.1, -0.05) is 12.1 Å². The first-order chi connectivity index (χ1) is 16.4. The molecule has 1 aliphatic carbocycles. The molecule has 1 aliphatic heterocycles. The summed E-state index contributed by atoms with van der Waals surface area (Å²) < 4.78 is 0. The Kier molecular flexibility index (Phi) is 5.52. The number of carbonyl (C=O) groups is 2. The van der Waals surface area contributed by atoms with Crippen LogP contribution in [0.4, 0.5) is 27.7 Å². The highest BCUT2D eigenvalue weighted by Gasteiger charge is 2.27. The molecule has 0 spiro atoms. The monoisotopic (exact) mass is 461 g/mol. The van der Waals surface area contributed by atoms with Crippen molar-refractivity contribution in [3.05, 3.63) is 41.7 Å². The lowest BCUT2D eigenvalue weighted by molar-refractivity contribution is 0.0963. The number of anilines is 4. The van der Waals surface area contributed by atoms with Crippen molar-refractivity contribution in [3.63, 3.8) is 0 Å². The Morgan fingerprint density at radius 3 is 2.68 bits per heavy atom. The highest BCUT2D eigenvalue weighted by Crippen LogP contribution is 2.42. The van der Waals surface area contributed by atoms with Gasteiger partial charge in [-0.3, -0.25) is 10.1 Å². The molecule has 0 atom stereocenters. The number of carbonyl (C=O) groups excluding carboxylic acids is 2. The van der Waals surface area contributed by atoms with Gasteiger partial charge >= 0.3 is 6.03 Å². The first kappa shape index (κ1) is 21.7. The Morgan fingerprint density at radius 2 is 1.94 bits per heavy atom. The first-order valence-electron chi connectivity index (χ1n) is 11.2. The Hall–Kier alpha value is -4.15. The molecule has 11 heteroatoms. The summed E-state index contributed by atoms with van der Waals surface area (Å²) in [5.41, 5.74) is 5.35. The second kappa shape index (κ2) is 8.65. The number of benzene rings is 1. The molecule has 3 aromatic rings. The molecule has 1 saturated carbocycles. The quantitative estimate of drug-likeness (QED) is 0.460. The number of urea groups is 1. The SMILES string of the molecule is CNC(=O)c1cnc(NC(=O)NC2CCC2)cc1Nc1cccc2c1N(C)Cc1nn(C)nc1-2. The fourth-order valence-electron chi connectivity index (χ4n) is 4.29. The Balaban J connectivity index is 1.49. The number of hydrogen-bond donors (Lipinski definition) is 4. The van der Waals surface area contributed by atoms with Crippen LogP contribution in [0.15, 0.2) is 30.5 Å². The molecular weight excluding hydrogens is 434 g/mol. The lowest BCUT2D eigenvalue weighted by Gasteiger charge is -2.29. The number of para-hydroxylation sites is 1. The van der Waals surface area contributed by atoms with Crippen LogP contribution in [0, 0.1) is 0 Å². The summed E-state index contributed by atoms with van der Waals surface area (Å²) in [6.07, 6.45) is 4.57. The minimum Gasteiger partial charge on any atom is -0.366 e. The predicted octanol–water partition coefficient (Wildman–Crippen LogP) is 2.60. The fraction of sp³-hybridized carbons (Fsp3) is 0.348. The topological polar surface area (TPSA) is 129 Å². The molecule has 3 heterocycles. The smallest absolute Gasteiger partial charge is 0.320 e. The van der Waals surface area contributed by atoms with Gasteiger partial charge in [-0.05, 0) is 25.3 Å². The van der Waals surface area contributed by atoms with Crippen LogP contribution in [0.2, 0.25) is 0 Å². The van der Waals surface area contributed by atoms with Crippen LogP contribution in [0.3, 0.4) is 0 Å². The molecule has 0 saturated heterocycles. The van der Waals surface area contributed by atoms with Crippen molar-refractivity contribution < 1.29 is 9.59 Å². The number of fused-ring (bicyclic) bond motifs is 3. The van der Waals surface area contributed by atoms with Gasteiger partial charge in [0.2, 0.25) is 0 Å². The minimum absolute atomic E-state index is 0.208. The second-order valence-electron chi connectivity index (χ2n) is 8.59. The van der Waals surface area contributed by atoms with Crippen molar-refractivity contribution >= 4 is 34.8 Å². The van der Waals surface area contributed by atoms with Crippen LogP contribution in [-0.4, -0.2) is 52.1 Å². The summed E-state index contributed by atoms with van der Waals surface area (Å²) in [4.78, 5) is 32.8. The number of pyridine rings is 1. The average molecular weight is 462 g/mol. The van der Waals surface area contributed by atoms with E-state index in [0.29, 0.717) is 23.6 Å². The lowest BCUT2D eigenvalue weighted by atomic mass is 9.93. The molecule has 11 nitrogen and oxygen atoms in total. The molecule has 4 N–H and O–H groups in total. The van der Waals surface area contributed by atoms with E-state index < -0.39 is 0 Å². The number of nitrogens with zero attached hydrogens (tertiary/aromatic N) is 5. The van der Waals surface area contributed by atoms with Crippen molar-refractivity contribution in [2.75, 3.05) is 29.6 Å². The molecule has 1 fully saturated rings. The molecule has 2 aliphatic rings. The molecule has 2 aromatic heterocycles. The molecule has 0 unspecified atom stereocenters. The number of rotatable bonds is 5. The Bertz CT molecular complexity index is 1270. The third kappa shape index (κ3) is 4.00. The summed E-state index contributed by atoms with van der Waals surface area (Å²) >= 11 is 0. The van der Waals surface area contributed by atoms with E-state index in [-0.39, 0.29) is 18.0 Å². The van der Waals surface area contributed by atoms with E-state index in [2.05, 4.69) is 41.3 Å². The van der Waals surface area contributed by atoms with E-state index >= 15 is 0 Å². The summed E-state index contributed by atoms with van der Waals surface area (Å²) in [5.74, 6) is 0.0659. The van der Waals surface area contributed by atoms with E-state index in [1.807, 2.05) is 32.3 Å². The van der Waals surface area contributed by atoms with Crippen LogP contribution in [0.5, 0.6) is 0 Å². The van der Waals surface area contributed by atoms with Gasteiger partial charge in [0.05, 0.1) is 29.2 Å². The van der Waals surface area contributed by atoms with E-state index in [4.69, 9.17) is 0 Å². The number of hydrogen-bond acceptors (Lipinski definition) is 7. The molecule has 3 amide bonds. The largest absolute Gasteiger partial charge is 0.366 e. The van der Waals surface area contributed by atoms with Gasteiger partial charge < -0.3 is 20.9 Å². The molecule has 1 aromatic carbocycles. The third-order valence-corrected chi connectivity index (χ3v) is 6.17. The molecular formula is C23H27N9O2. The van der Waals surface area contributed by atoms with Crippen LogP contribution >= 0.6 is 0 Å². The van der Waals surface area contributed by atoms with Gasteiger partial charge in [-0.25, -0.2) is 9.78 Å². The summed E-state index contributed by atoms with van der Waals surface area (Å²) in [5, 5.41) is 20.7. The maximum absolute atomic E-state index is 12.5. The Labute approximate surface area is 196 Å². The van der Waals surface area contributed by atoms with Gasteiger partial charge in [0.15, 0.2) is 0 Å². The lowest BCUT2D eigenvalue weighted by Crippen LogP contribution is -2.42. The van der Waals surface area contributed by atoms with Crippen molar-refractivity contribution in [2.24, 2.45) is 7.05 Å². The van der Waals surface area contributed by atoms with Crippen LogP contribution in [0.1, 0.15) is 35.3 Å². The normalized spacial score (nSPS) is 14.5. The van der Waals surface area contributed by atoms with E-state index in [1.54, 1.807) is 17.9 Å². The van der Waals surface area contributed by atoms with E-state index in [1.165, 1.54) is 6.20 Å². The molecule has 34 heavy (non-hydrogen) atoms. The number of amides is 3. The van der Waals surface area contributed by atoms with Gasteiger partial charge in [-0.15, -0.1) is 0 Å². The third-order valence-electron chi connectivity index (χ3n) is 6.17. The van der Waals surface area contributed by atoms with Crippen molar-refractivity contribution in [2.45, 2.75) is 31.8 Å². The van der Waals surface area contributed by atoms with Crippen LogP contribution < -0.4 is 26.2 Å². The summed E-state index contributed by atoms with van der Waals surface area (Å²) in [6, 6.07) is 7.46. The second-order valence-corrected chi connectivity index (χ2v) is 8.59. The Morgan fingerprint density at radius 1 is 1.12 bits per heavy atom. The summed E-state index contributed by atoms with van der Waals surface area (Å²) in [6.45, 7) is 0.613. The number of nitrogens with one attached hydrogen (secondary N) is 4. The molecule has 0 radical (unpaired) electrons. The zero-order valence-corrected chi connectivity index (χ0v) is 19.3. The summed E-state index contributed by atoms with van der Waals surface area (Å²) in [7, 11) is 5.37. The van der Waals surface area contributed by atoms with Gasteiger partial charge in [0, 0.05) is 45.0 Å². The van der Waals surface area contributed by atoms with E-state index in [9.17, 15) is 9.59 Å². The fourth-order valence-corrected chi connectivity index (χ4v) is 4.29. The maximum Gasteiger partial charge on any atom is 0.320 e.